The summed E-state index contributed by atoms with van der Waals surface area (Å²) in [5.41, 5.74) is 5.87. The van der Waals surface area contributed by atoms with E-state index < -0.39 is 0 Å². The van der Waals surface area contributed by atoms with Crippen LogP contribution in [0.2, 0.25) is 0 Å². The molecule has 1 saturated carbocycles. The third kappa shape index (κ3) is 2.33. The molecule has 0 aromatic carbocycles. The number of rotatable bonds is 3. The largest absolute Gasteiger partial charge is 0.340 e. The second-order valence-corrected chi connectivity index (χ2v) is 5.01. The van der Waals surface area contributed by atoms with Gasteiger partial charge in [-0.05, 0) is 50.5 Å². The van der Waals surface area contributed by atoms with Gasteiger partial charge in [0.25, 0.3) is 0 Å². The van der Waals surface area contributed by atoms with Crippen molar-refractivity contribution in [1.82, 2.24) is 4.90 Å². The average Bonchev–Trinajstić information content (AvgIpc) is 3.04. The lowest BCUT2D eigenvalue weighted by Gasteiger charge is -2.40. The van der Waals surface area contributed by atoms with E-state index in [2.05, 4.69) is 4.90 Å². The van der Waals surface area contributed by atoms with Gasteiger partial charge in [-0.1, -0.05) is 0 Å². The summed E-state index contributed by atoms with van der Waals surface area (Å²) in [6, 6.07) is 0.439. The number of carbonyl (C=O) groups excluding carboxylic acids is 1. The van der Waals surface area contributed by atoms with Crippen LogP contribution in [0.4, 0.5) is 0 Å². The third-order valence-electron chi connectivity index (χ3n) is 3.95. The van der Waals surface area contributed by atoms with Crippen LogP contribution in [0.3, 0.4) is 0 Å². The van der Waals surface area contributed by atoms with Gasteiger partial charge >= 0.3 is 0 Å². The molecular weight excluding hydrogens is 188 g/mol. The Kier molecular flexibility index (Phi) is 3.29. The number of likely N-dealkylation sites (tertiary alicyclic amines) is 1. The van der Waals surface area contributed by atoms with E-state index in [0.29, 0.717) is 12.0 Å². The van der Waals surface area contributed by atoms with Gasteiger partial charge in [0.1, 0.15) is 0 Å². The molecule has 0 bridgehead atoms. The van der Waals surface area contributed by atoms with Gasteiger partial charge in [0.15, 0.2) is 0 Å². The molecule has 1 saturated heterocycles. The van der Waals surface area contributed by atoms with E-state index in [9.17, 15) is 4.79 Å². The van der Waals surface area contributed by atoms with Crippen molar-refractivity contribution in [2.24, 2.45) is 17.6 Å². The van der Waals surface area contributed by atoms with Crippen molar-refractivity contribution in [3.05, 3.63) is 0 Å². The molecular formula is C12H22N2O. The van der Waals surface area contributed by atoms with Crippen molar-refractivity contribution in [3.63, 3.8) is 0 Å². The maximum atomic E-state index is 11.6. The first-order chi connectivity index (χ1) is 7.24. The molecule has 2 N–H and O–H groups in total. The number of carbonyl (C=O) groups is 1. The highest BCUT2D eigenvalue weighted by Crippen LogP contribution is 2.41. The van der Waals surface area contributed by atoms with Gasteiger partial charge < -0.3 is 10.6 Å². The van der Waals surface area contributed by atoms with Crippen molar-refractivity contribution in [2.45, 2.75) is 45.1 Å². The topological polar surface area (TPSA) is 46.3 Å². The van der Waals surface area contributed by atoms with Crippen LogP contribution in [-0.4, -0.2) is 29.9 Å². The molecule has 2 atom stereocenters. The Hall–Kier alpha value is -0.570. The number of nitrogens with two attached hydrogens (primary N) is 1. The molecule has 2 unspecified atom stereocenters. The highest BCUT2D eigenvalue weighted by molar-refractivity contribution is 5.73. The van der Waals surface area contributed by atoms with Crippen LogP contribution in [0.1, 0.15) is 39.0 Å². The molecule has 1 aliphatic carbocycles. The zero-order valence-corrected chi connectivity index (χ0v) is 9.61. The lowest BCUT2D eigenvalue weighted by atomic mass is 9.87. The maximum Gasteiger partial charge on any atom is 0.219 e. The first-order valence-corrected chi connectivity index (χ1v) is 6.21. The molecule has 0 spiro atoms. The van der Waals surface area contributed by atoms with Crippen molar-refractivity contribution in [3.8, 4) is 0 Å². The molecule has 2 rings (SSSR count). The SMILES string of the molecule is CC(=O)N1CCCCC1C(CN)C1CC1. The Balaban J connectivity index is 2.04. The number of hydrogen-bond donors (Lipinski definition) is 1. The molecule has 2 aliphatic rings. The van der Waals surface area contributed by atoms with E-state index in [-0.39, 0.29) is 5.91 Å². The minimum Gasteiger partial charge on any atom is -0.340 e. The number of hydrogen-bond acceptors (Lipinski definition) is 2. The van der Waals surface area contributed by atoms with Crippen LogP contribution in [0.25, 0.3) is 0 Å². The van der Waals surface area contributed by atoms with Gasteiger partial charge in [-0.25, -0.2) is 0 Å². The van der Waals surface area contributed by atoms with Crippen molar-refractivity contribution in [2.75, 3.05) is 13.1 Å². The second kappa shape index (κ2) is 4.52. The van der Waals surface area contributed by atoms with Crippen LogP contribution in [0.15, 0.2) is 0 Å². The Morgan fingerprint density at radius 2 is 2.13 bits per heavy atom. The Morgan fingerprint density at radius 1 is 1.40 bits per heavy atom. The standard InChI is InChI=1S/C12H22N2O/c1-9(15)14-7-3-2-4-12(14)11(8-13)10-5-6-10/h10-12H,2-8,13H2,1H3. The lowest BCUT2D eigenvalue weighted by molar-refractivity contribution is -0.134. The monoisotopic (exact) mass is 210 g/mol. The molecule has 86 valence electrons. The minimum atomic E-state index is 0.235. The average molecular weight is 210 g/mol. The number of amides is 1. The van der Waals surface area contributed by atoms with Crippen molar-refractivity contribution >= 4 is 5.91 Å². The zero-order chi connectivity index (χ0) is 10.8. The fourth-order valence-corrected chi connectivity index (χ4v) is 2.98. The van der Waals surface area contributed by atoms with E-state index in [1.54, 1.807) is 6.92 Å². The highest BCUT2D eigenvalue weighted by atomic mass is 16.2. The minimum absolute atomic E-state index is 0.235. The molecule has 0 aromatic rings. The van der Waals surface area contributed by atoms with Crippen LogP contribution in [0, 0.1) is 11.8 Å². The van der Waals surface area contributed by atoms with Gasteiger partial charge in [0.05, 0.1) is 0 Å². The van der Waals surface area contributed by atoms with Gasteiger partial charge in [-0.2, -0.15) is 0 Å². The Morgan fingerprint density at radius 3 is 2.67 bits per heavy atom. The van der Waals surface area contributed by atoms with E-state index >= 15 is 0 Å². The summed E-state index contributed by atoms with van der Waals surface area (Å²) in [5.74, 6) is 1.60. The van der Waals surface area contributed by atoms with E-state index in [1.165, 1.54) is 19.3 Å². The van der Waals surface area contributed by atoms with E-state index in [4.69, 9.17) is 5.73 Å². The normalized spacial score (nSPS) is 28.9. The van der Waals surface area contributed by atoms with Gasteiger partial charge in [0, 0.05) is 19.5 Å². The molecule has 0 radical (unpaired) electrons. The molecule has 1 aliphatic heterocycles. The smallest absolute Gasteiger partial charge is 0.219 e. The van der Waals surface area contributed by atoms with Crippen LogP contribution in [-0.2, 0) is 4.79 Å². The fourth-order valence-electron chi connectivity index (χ4n) is 2.98. The maximum absolute atomic E-state index is 11.6. The molecule has 1 amide bonds. The first kappa shape index (κ1) is 10.9. The van der Waals surface area contributed by atoms with E-state index in [0.717, 1.165) is 31.8 Å². The van der Waals surface area contributed by atoms with Gasteiger partial charge in [0.2, 0.25) is 5.91 Å². The van der Waals surface area contributed by atoms with Crippen LogP contribution < -0.4 is 5.73 Å². The quantitative estimate of drug-likeness (QED) is 0.764. The van der Waals surface area contributed by atoms with E-state index in [1.807, 2.05) is 0 Å². The first-order valence-electron chi connectivity index (χ1n) is 6.21. The Bertz CT molecular complexity index is 238. The molecule has 1 heterocycles. The fraction of sp³-hybridized carbons (Fsp3) is 0.917. The molecule has 15 heavy (non-hydrogen) atoms. The summed E-state index contributed by atoms with van der Waals surface area (Å²) >= 11 is 0. The van der Waals surface area contributed by atoms with Gasteiger partial charge in [-0.15, -0.1) is 0 Å². The van der Waals surface area contributed by atoms with Gasteiger partial charge in [-0.3, -0.25) is 4.79 Å². The van der Waals surface area contributed by atoms with Crippen LogP contribution in [0.5, 0.6) is 0 Å². The zero-order valence-electron chi connectivity index (χ0n) is 9.61. The lowest BCUT2D eigenvalue weighted by Crippen LogP contribution is -2.49. The summed E-state index contributed by atoms with van der Waals surface area (Å²) in [7, 11) is 0. The van der Waals surface area contributed by atoms with Crippen molar-refractivity contribution < 1.29 is 4.79 Å². The molecule has 3 nitrogen and oxygen atoms in total. The predicted octanol–water partition coefficient (Wildman–Crippen LogP) is 1.37. The third-order valence-corrected chi connectivity index (χ3v) is 3.95. The van der Waals surface area contributed by atoms with Crippen molar-refractivity contribution in [1.29, 1.82) is 0 Å². The molecule has 2 fully saturated rings. The Labute approximate surface area is 92.0 Å². The molecule has 3 heteroatoms. The number of nitrogens with zero attached hydrogens (tertiary/aromatic N) is 1. The van der Waals surface area contributed by atoms with Crippen LogP contribution >= 0.6 is 0 Å². The highest BCUT2D eigenvalue weighted by Gasteiger charge is 2.39. The summed E-state index contributed by atoms with van der Waals surface area (Å²) in [4.78, 5) is 13.6. The second-order valence-electron chi connectivity index (χ2n) is 5.01. The number of piperidine rings is 1. The molecule has 0 aromatic heterocycles. The predicted molar refractivity (Wildman–Crippen MR) is 60.3 cm³/mol. The summed E-state index contributed by atoms with van der Waals surface area (Å²) in [5, 5.41) is 0. The summed E-state index contributed by atoms with van der Waals surface area (Å²) in [6.07, 6.45) is 6.24. The summed E-state index contributed by atoms with van der Waals surface area (Å²) in [6.45, 7) is 3.39. The summed E-state index contributed by atoms with van der Waals surface area (Å²) < 4.78 is 0.